The van der Waals surface area contributed by atoms with Crippen LogP contribution in [0.25, 0.3) is 0 Å². The Morgan fingerprint density at radius 2 is 2.06 bits per heavy atom. The molecule has 1 aliphatic rings. The van der Waals surface area contributed by atoms with Crippen molar-refractivity contribution in [2.45, 2.75) is 19.3 Å². The van der Waals surface area contributed by atoms with E-state index < -0.39 is 0 Å². The van der Waals surface area contributed by atoms with Crippen LogP contribution in [0.2, 0.25) is 5.02 Å². The largest absolute Gasteiger partial charge is 0.495 e. The van der Waals surface area contributed by atoms with Gasteiger partial charge in [0.25, 0.3) is 0 Å². The smallest absolute Gasteiger partial charge is 0.176 e. The first kappa shape index (κ1) is 13.4. The molecule has 0 aliphatic carbocycles. The Bertz CT molecular complexity index is 428. The second-order valence-electron chi connectivity index (χ2n) is 4.61. The van der Waals surface area contributed by atoms with Crippen molar-refractivity contribution in [3.63, 3.8) is 0 Å². The van der Waals surface area contributed by atoms with Crippen LogP contribution in [0.3, 0.4) is 0 Å². The van der Waals surface area contributed by atoms with Crippen LogP contribution in [-0.2, 0) is 0 Å². The van der Waals surface area contributed by atoms with Gasteiger partial charge in [0.1, 0.15) is 5.75 Å². The van der Waals surface area contributed by atoms with Gasteiger partial charge in [0.15, 0.2) is 5.78 Å². The zero-order valence-corrected chi connectivity index (χ0v) is 11.4. The first-order chi connectivity index (χ1) is 8.70. The highest BCUT2D eigenvalue weighted by Crippen LogP contribution is 2.25. The van der Waals surface area contributed by atoms with Crippen molar-refractivity contribution in [3.05, 3.63) is 28.8 Å². The molecular formula is C14H18ClNO2. The number of carbonyl (C=O) groups excluding carboxylic acids is 1. The lowest BCUT2D eigenvalue weighted by atomic mass is 10.1. The van der Waals surface area contributed by atoms with Gasteiger partial charge in [0, 0.05) is 5.56 Å². The minimum atomic E-state index is 0.126. The van der Waals surface area contributed by atoms with Gasteiger partial charge in [-0.15, -0.1) is 0 Å². The molecule has 1 saturated heterocycles. The average Bonchev–Trinajstić information content (AvgIpc) is 2.39. The zero-order valence-electron chi connectivity index (χ0n) is 10.6. The van der Waals surface area contributed by atoms with Crippen LogP contribution >= 0.6 is 11.6 Å². The molecule has 1 fully saturated rings. The summed E-state index contributed by atoms with van der Waals surface area (Å²) in [7, 11) is 1.57. The van der Waals surface area contributed by atoms with E-state index in [1.54, 1.807) is 25.3 Å². The van der Waals surface area contributed by atoms with Crippen molar-refractivity contribution in [2.24, 2.45) is 0 Å². The van der Waals surface area contributed by atoms with E-state index in [2.05, 4.69) is 4.90 Å². The van der Waals surface area contributed by atoms with Crippen molar-refractivity contribution in [1.29, 1.82) is 0 Å². The zero-order chi connectivity index (χ0) is 13.0. The third-order valence-corrected chi connectivity index (χ3v) is 3.59. The topological polar surface area (TPSA) is 29.5 Å². The molecular weight excluding hydrogens is 250 g/mol. The third-order valence-electron chi connectivity index (χ3n) is 3.29. The lowest BCUT2D eigenvalue weighted by Gasteiger charge is -2.25. The van der Waals surface area contributed by atoms with E-state index >= 15 is 0 Å². The number of piperidine rings is 1. The van der Waals surface area contributed by atoms with Crippen LogP contribution in [0.1, 0.15) is 29.6 Å². The molecule has 0 unspecified atom stereocenters. The summed E-state index contributed by atoms with van der Waals surface area (Å²) in [5.74, 6) is 0.729. The number of nitrogens with zero attached hydrogens (tertiary/aromatic N) is 1. The van der Waals surface area contributed by atoms with Crippen molar-refractivity contribution < 1.29 is 9.53 Å². The number of hydrogen-bond donors (Lipinski definition) is 0. The molecule has 0 spiro atoms. The normalized spacial score (nSPS) is 16.6. The maximum Gasteiger partial charge on any atom is 0.176 e. The Balaban J connectivity index is 2.01. The van der Waals surface area contributed by atoms with Crippen molar-refractivity contribution >= 4 is 17.4 Å². The molecule has 4 heteroatoms. The molecule has 98 valence electrons. The first-order valence-corrected chi connectivity index (χ1v) is 6.67. The Kier molecular flexibility index (Phi) is 4.61. The SMILES string of the molecule is COc1ccc(C(=O)CN2CCCCC2)cc1Cl. The van der Waals surface area contributed by atoms with E-state index in [0.717, 1.165) is 13.1 Å². The molecule has 0 saturated carbocycles. The number of benzene rings is 1. The molecule has 0 amide bonds. The van der Waals surface area contributed by atoms with Crippen LogP contribution in [0, 0.1) is 0 Å². The minimum absolute atomic E-state index is 0.126. The maximum atomic E-state index is 12.1. The fourth-order valence-corrected chi connectivity index (χ4v) is 2.51. The number of likely N-dealkylation sites (tertiary alicyclic amines) is 1. The van der Waals surface area contributed by atoms with Gasteiger partial charge in [-0.2, -0.15) is 0 Å². The van der Waals surface area contributed by atoms with E-state index in [9.17, 15) is 4.79 Å². The summed E-state index contributed by atoms with van der Waals surface area (Å²) in [4.78, 5) is 14.3. The van der Waals surface area contributed by atoms with Crippen molar-refractivity contribution in [3.8, 4) is 5.75 Å². The molecule has 3 nitrogen and oxygen atoms in total. The van der Waals surface area contributed by atoms with Gasteiger partial charge in [0.2, 0.25) is 0 Å². The highest BCUT2D eigenvalue weighted by Gasteiger charge is 2.16. The third kappa shape index (κ3) is 3.24. The standard InChI is InChI=1S/C14H18ClNO2/c1-18-14-6-5-11(9-12(14)15)13(17)10-16-7-3-2-4-8-16/h5-6,9H,2-4,7-8,10H2,1H3. The van der Waals surface area contributed by atoms with Crippen molar-refractivity contribution in [2.75, 3.05) is 26.7 Å². The quantitative estimate of drug-likeness (QED) is 0.786. The average molecular weight is 268 g/mol. The second kappa shape index (κ2) is 6.21. The number of rotatable bonds is 4. The fraction of sp³-hybridized carbons (Fsp3) is 0.500. The summed E-state index contributed by atoms with van der Waals surface area (Å²) < 4.78 is 5.08. The van der Waals surface area contributed by atoms with Crippen LogP contribution in [-0.4, -0.2) is 37.4 Å². The fourth-order valence-electron chi connectivity index (χ4n) is 2.25. The van der Waals surface area contributed by atoms with Gasteiger partial charge >= 0.3 is 0 Å². The Morgan fingerprint density at radius 1 is 1.33 bits per heavy atom. The van der Waals surface area contributed by atoms with Gasteiger partial charge in [-0.1, -0.05) is 18.0 Å². The maximum absolute atomic E-state index is 12.1. The van der Waals surface area contributed by atoms with Crippen LogP contribution in [0.4, 0.5) is 0 Å². The molecule has 0 bridgehead atoms. The predicted octanol–water partition coefficient (Wildman–Crippen LogP) is 3.02. The number of ketones is 1. The molecule has 0 aromatic heterocycles. The molecule has 18 heavy (non-hydrogen) atoms. The molecule has 1 aromatic rings. The van der Waals surface area contributed by atoms with E-state index in [4.69, 9.17) is 16.3 Å². The van der Waals surface area contributed by atoms with Crippen LogP contribution in [0.15, 0.2) is 18.2 Å². The van der Waals surface area contributed by atoms with Crippen molar-refractivity contribution in [1.82, 2.24) is 4.90 Å². The highest BCUT2D eigenvalue weighted by atomic mass is 35.5. The molecule has 0 atom stereocenters. The van der Waals surface area contributed by atoms with Crippen LogP contribution < -0.4 is 4.74 Å². The summed E-state index contributed by atoms with van der Waals surface area (Å²) in [5, 5.41) is 0.488. The van der Waals surface area contributed by atoms with Crippen LogP contribution in [0.5, 0.6) is 5.75 Å². The summed E-state index contributed by atoms with van der Waals surface area (Å²) in [6, 6.07) is 5.20. The van der Waals surface area contributed by atoms with Gasteiger partial charge in [0.05, 0.1) is 18.7 Å². The summed E-state index contributed by atoms with van der Waals surface area (Å²) in [6.45, 7) is 2.54. The summed E-state index contributed by atoms with van der Waals surface area (Å²) in [5.41, 5.74) is 0.659. The Morgan fingerprint density at radius 3 is 2.67 bits per heavy atom. The number of Topliss-reactive ketones (excluding diaryl/α,β-unsaturated/α-hetero) is 1. The van der Waals surface area contributed by atoms with E-state index in [1.807, 2.05) is 0 Å². The molecule has 0 N–H and O–H groups in total. The second-order valence-corrected chi connectivity index (χ2v) is 5.02. The first-order valence-electron chi connectivity index (χ1n) is 6.30. The number of carbonyl (C=O) groups is 1. The number of ether oxygens (including phenoxy) is 1. The van der Waals surface area contributed by atoms with Gasteiger partial charge in [-0.3, -0.25) is 9.69 Å². The van der Waals surface area contributed by atoms with E-state index in [1.165, 1.54) is 19.3 Å². The van der Waals surface area contributed by atoms with Gasteiger partial charge in [-0.05, 0) is 44.1 Å². The highest BCUT2D eigenvalue weighted by molar-refractivity contribution is 6.32. The minimum Gasteiger partial charge on any atom is -0.495 e. The van der Waals surface area contributed by atoms with Gasteiger partial charge < -0.3 is 4.74 Å². The number of methoxy groups -OCH3 is 1. The number of halogens is 1. The molecule has 0 radical (unpaired) electrons. The van der Waals surface area contributed by atoms with E-state index in [-0.39, 0.29) is 5.78 Å². The lowest BCUT2D eigenvalue weighted by Crippen LogP contribution is -2.34. The molecule has 1 aliphatic heterocycles. The predicted molar refractivity (Wildman–Crippen MR) is 72.6 cm³/mol. The molecule has 1 heterocycles. The Labute approximate surface area is 113 Å². The Hall–Kier alpha value is -1.06. The summed E-state index contributed by atoms with van der Waals surface area (Å²) in [6.07, 6.45) is 3.66. The lowest BCUT2D eigenvalue weighted by molar-refractivity contribution is 0.0915. The van der Waals surface area contributed by atoms with E-state index in [0.29, 0.717) is 22.9 Å². The summed E-state index contributed by atoms with van der Waals surface area (Å²) >= 11 is 6.03. The molecule has 1 aromatic carbocycles. The monoisotopic (exact) mass is 267 g/mol. The number of hydrogen-bond acceptors (Lipinski definition) is 3. The molecule has 2 rings (SSSR count). The van der Waals surface area contributed by atoms with Gasteiger partial charge in [-0.25, -0.2) is 0 Å².